The number of imidazole rings is 1. The minimum Gasteiger partial charge on any atom is -0.351 e. The Morgan fingerprint density at radius 3 is 2.51 bits per heavy atom. The molecule has 0 aliphatic heterocycles. The zero-order valence-electron chi connectivity index (χ0n) is 20.3. The van der Waals surface area contributed by atoms with Gasteiger partial charge in [0.05, 0.1) is 32.3 Å². The summed E-state index contributed by atoms with van der Waals surface area (Å²) in [6, 6.07) is 13.6. The van der Waals surface area contributed by atoms with Crippen molar-refractivity contribution in [3.8, 4) is 5.69 Å². The molecule has 0 saturated heterocycles. The number of aryl methyl sites for hydroxylation is 3. The zero-order chi connectivity index (χ0) is 26.3. The number of aromatic amines is 1. The summed E-state index contributed by atoms with van der Waals surface area (Å²) in [4.78, 5) is 25.2. The summed E-state index contributed by atoms with van der Waals surface area (Å²) < 4.78 is 15.7. The average molecular weight is 537 g/mol. The summed E-state index contributed by atoms with van der Waals surface area (Å²) in [5.74, 6) is 0.277. The summed E-state index contributed by atoms with van der Waals surface area (Å²) in [6.45, 7) is 5.83. The van der Waals surface area contributed by atoms with Gasteiger partial charge in [0.1, 0.15) is 23.8 Å². The van der Waals surface area contributed by atoms with Crippen LogP contribution in [0, 0.1) is 26.6 Å². The highest BCUT2D eigenvalue weighted by molar-refractivity contribution is 6.40. The minimum absolute atomic E-state index is 0.151. The van der Waals surface area contributed by atoms with E-state index in [2.05, 4.69) is 25.4 Å². The number of amides is 1. The summed E-state index contributed by atoms with van der Waals surface area (Å²) in [5, 5.41) is 7.56. The number of halogens is 3. The van der Waals surface area contributed by atoms with E-state index in [1.54, 1.807) is 31.5 Å². The van der Waals surface area contributed by atoms with Crippen LogP contribution < -0.4 is 5.32 Å². The molecule has 0 bridgehead atoms. The summed E-state index contributed by atoms with van der Waals surface area (Å²) in [5.41, 5.74) is 5.11. The molecular weight excluding hydrogens is 514 g/mol. The number of hydrogen-bond donors (Lipinski definition) is 2. The fraction of sp³-hybridized carbons (Fsp3) is 0.185. The maximum Gasteiger partial charge on any atom is 0.254 e. The number of H-pyrrole nitrogens is 1. The van der Waals surface area contributed by atoms with Crippen LogP contribution in [0.5, 0.6) is 0 Å². The molecule has 0 spiro atoms. The highest BCUT2D eigenvalue weighted by Crippen LogP contribution is 2.31. The lowest BCUT2D eigenvalue weighted by molar-refractivity contribution is 0.0952. The average Bonchev–Trinajstić information content (AvgIpc) is 3.44. The Morgan fingerprint density at radius 1 is 1.08 bits per heavy atom. The van der Waals surface area contributed by atoms with Gasteiger partial charge in [-0.25, -0.2) is 19.0 Å². The molecule has 5 rings (SSSR count). The van der Waals surface area contributed by atoms with E-state index >= 15 is 0 Å². The van der Waals surface area contributed by atoms with Gasteiger partial charge in [0.15, 0.2) is 0 Å². The Bertz CT molecular complexity index is 1620. The van der Waals surface area contributed by atoms with Crippen molar-refractivity contribution in [2.24, 2.45) is 0 Å². The molecule has 0 aliphatic carbocycles. The lowest BCUT2D eigenvalue weighted by Gasteiger charge is -2.20. The van der Waals surface area contributed by atoms with Gasteiger partial charge in [-0.05, 0) is 67.8 Å². The number of nitrogens with zero attached hydrogens (tertiary/aromatic N) is 4. The lowest BCUT2D eigenvalue weighted by Crippen LogP contribution is -2.29. The highest BCUT2D eigenvalue weighted by Gasteiger charge is 2.22. The van der Waals surface area contributed by atoms with Crippen molar-refractivity contribution >= 4 is 40.1 Å². The second-order valence-corrected chi connectivity index (χ2v) is 9.71. The van der Waals surface area contributed by atoms with Crippen LogP contribution in [0.2, 0.25) is 10.0 Å². The molecular formula is C27H23Cl2FN6O. The number of hydrogen-bond acceptors (Lipinski definition) is 4. The van der Waals surface area contributed by atoms with Gasteiger partial charge < -0.3 is 10.3 Å². The van der Waals surface area contributed by atoms with Crippen LogP contribution >= 0.6 is 23.2 Å². The first-order valence-electron chi connectivity index (χ1n) is 11.6. The standard InChI is InChI=1S/C27H23Cl2FN6O/c1-14-7-18(9-24-26(14)34-16(3)33-24)21(17-5-4-6-19(30)8-17)12-31-27(37)25-22(28)10-20(11-23(25)29)36-13-32-15(2)35-36/h4-11,13,21H,12H2,1-3H3,(H,31,37)(H,33,34)/t21-/m1/s1. The largest absolute Gasteiger partial charge is 0.351 e. The molecule has 188 valence electrons. The summed E-state index contributed by atoms with van der Waals surface area (Å²) in [6.07, 6.45) is 1.54. The van der Waals surface area contributed by atoms with Gasteiger partial charge in [-0.3, -0.25) is 4.79 Å². The number of aromatic nitrogens is 5. The molecule has 37 heavy (non-hydrogen) atoms. The third-order valence-electron chi connectivity index (χ3n) is 6.16. The van der Waals surface area contributed by atoms with Crippen molar-refractivity contribution in [1.82, 2.24) is 30.0 Å². The lowest BCUT2D eigenvalue weighted by atomic mass is 9.89. The first-order chi connectivity index (χ1) is 17.7. The van der Waals surface area contributed by atoms with Crippen LogP contribution in [0.1, 0.15) is 44.6 Å². The van der Waals surface area contributed by atoms with Crippen LogP contribution in [-0.4, -0.2) is 37.2 Å². The van der Waals surface area contributed by atoms with Crippen LogP contribution in [0.25, 0.3) is 16.7 Å². The van der Waals surface area contributed by atoms with Crippen molar-refractivity contribution in [3.63, 3.8) is 0 Å². The SMILES string of the molecule is Cc1ncn(-c2cc(Cl)c(C(=O)NC[C@H](c3cccc(F)c3)c3cc(C)c4nc(C)[nH]c4c3)c(Cl)c2)n1. The molecule has 5 aromatic rings. The van der Waals surface area contributed by atoms with Gasteiger partial charge in [0.25, 0.3) is 5.91 Å². The quantitative estimate of drug-likeness (QED) is 0.275. The topological polar surface area (TPSA) is 88.5 Å². The molecule has 2 heterocycles. The van der Waals surface area contributed by atoms with Gasteiger partial charge in [0.2, 0.25) is 0 Å². The molecule has 1 atom stereocenters. The van der Waals surface area contributed by atoms with Gasteiger partial charge >= 0.3 is 0 Å². The molecule has 10 heteroatoms. The monoisotopic (exact) mass is 536 g/mol. The number of carbonyl (C=O) groups excluding carboxylic acids is 1. The van der Waals surface area contributed by atoms with Crippen molar-refractivity contribution in [2.45, 2.75) is 26.7 Å². The normalized spacial score (nSPS) is 12.2. The molecule has 0 fully saturated rings. The number of fused-ring (bicyclic) bond motifs is 1. The Morgan fingerprint density at radius 2 is 1.84 bits per heavy atom. The molecule has 0 aliphatic rings. The molecule has 1 amide bonds. The summed E-state index contributed by atoms with van der Waals surface area (Å²) >= 11 is 13.0. The molecule has 2 aromatic heterocycles. The van der Waals surface area contributed by atoms with E-state index in [9.17, 15) is 9.18 Å². The van der Waals surface area contributed by atoms with E-state index in [0.29, 0.717) is 11.5 Å². The van der Waals surface area contributed by atoms with Crippen molar-refractivity contribution in [2.75, 3.05) is 6.54 Å². The molecule has 0 saturated carbocycles. The third kappa shape index (κ3) is 5.08. The number of carbonyl (C=O) groups is 1. The van der Waals surface area contributed by atoms with Crippen LogP contribution in [0.4, 0.5) is 4.39 Å². The molecule has 7 nitrogen and oxygen atoms in total. The predicted molar refractivity (Wildman–Crippen MR) is 142 cm³/mol. The van der Waals surface area contributed by atoms with E-state index in [4.69, 9.17) is 23.2 Å². The molecule has 2 N–H and O–H groups in total. The fourth-order valence-electron chi connectivity index (χ4n) is 4.46. The fourth-order valence-corrected chi connectivity index (χ4v) is 5.10. The van der Waals surface area contributed by atoms with E-state index in [1.807, 2.05) is 32.0 Å². The Balaban J connectivity index is 1.46. The first kappa shape index (κ1) is 24.9. The second kappa shape index (κ2) is 9.95. The Hall–Kier alpha value is -3.75. The molecule has 0 unspecified atom stereocenters. The van der Waals surface area contributed by atoms with E-state index in [1.165, 1.54) is 16.8 Å². The van der Waals surface area contributed by atoms with Gasteiger partial charge in [-0.15, -0.1) is 0 Å². The maximum absolute atomic E-state index is 14.2. The minimum atomic E-state index is -0.437. The van der Waals surface area contributed by atoms with Crippen LogP contribution in [0.3, 0.4) is 0 Å². The van der Waals surface area contributed by atoms with E-state index in [-0.39, 0.29) is 33.9 Å². The molecule has 0 radical (unpaired) electrons. The van der Waals surface area contributed by atoms with Crippen molar-refractivity contribution in [1.29, 1.82) is 0 Å². The summed E-state index contributed by atoms with van der Waals surface area (Å²) in [7, 11) is 0. The highest BCUT2D eigenvalue weighted by atomic mass is 35.5. The van der Waals surface area contributed by atoms with Crippen LogP contribution in [-0.2, 0) is 0 Å². The van der Waals surface area contributed by atoms with Crippen LogP contribution in [0.15, 0.2) is 54.9 Å². The number of benzene rings is 3. The maximum atomic E-state index is 14.2. The second-order valence-electron chi connectivity index (χ2n) is 8.89. The zero-order valence-corrected chi connectivity index (χ0v) is 21.8. The van der Waals surface area contributed by atoms with Gasteiger partial charge in [-0.2, -0.15) is 5.10 Å². The van der Waals surface area contributed by atoms with Crippen molar-refractivity contribution in [3.05, 3.63) is 105 Å². The first-order valence-corrected chi connectivity index (χ1v) is 12.3. The third-order valence-corrected chi connectivity index (χ3v) is 6.76. The number of nitrogens with one attached hydrogen (secondary N) is 2. The predicted octanol–water partition coefficient (Wildman–Crippen LogP) is 6.08. The van der Waals surface area contributed by atoms with Crippen molar-refractivity contribution < 1.29 is 9.18 Å². The van der Waals surface area contributed by atoms with E-state index < -0.39 is 5.91 Å². The Labute approximate surface area is 222 Å². The molecule has 3 aromatic carbocycles. The number of rotatable bonds is 6. The van der Waals surface area contributed by atoms with Gasteiger partial charge in [0, 0.05) is 12.5 Å². The van der Waals surface area contributed by atoms with Gasteiger partial charge in [-0.1, -0.05) is 41.4 Å². The smallest absolute Gasteiger partial charge is 0.254 e. The van der Waals surface area contributed by atoms with E-state index in [0.717, 1.165) is 33.5 Å². The Kier molecular flexibility index (Phi) is 6.70.